The molecule has 0 aliphatic carbocycles. The van der Waals surface area contributed by atoms with E-state index in [1.165, 1.54) is 12.4 Å². The van der Waals surface area contributed by atoms with E-state index in [1.54, 1.807) is 83.4 Å². The quantitative estimate of drug-likeness (QED) is 0.131. The molecule has 4 aromatic heterocycles. The van der Waals surface area contributed by atoms with Crippen molar-refractivity contribution < 1.29 is 38.9 Å². The lowest BCUT2D eigenvalue weighted by atomic mass is 9.99. The maximum atomic E-state index is 13.3. The summed E-state index contributed by atoms with van der Waals surface area (Å²) in [4.78, 5) is 69.6. The van der Waals surface area contributed by atoms with Crippen molar-refractivity contribution in [3.8, 4) is 0 Å². The van der Waals surface area contributed by atoms with Crippen LogP contribution in [0.4, 0.5) is 22.7 Å². The lowest BCUT2D eigenvalue weighted by Gasteiger charge is -2.31. The number of amides is 4. The largest absolute Gasteiger partial charge is 0.390 e. The lowest BCUT2D eigenvalue weighted by molar-refractivity contribution is 0.0331. The van der Waals surface area contributed by atoms with Gasteiger partial charge in [0.1, 0.15) is 11.1 Å². The topological polar surface area (TPSA) is 225 Å². The van der Waals surface area contributed by atoms with Gasteiger partial charge in [-0.3, -0.25) is 19.2 Å². The van der Waals surface area contributed by atoms with Gasteiger partial charge < -0.3 is 49.9 Å². The zero-order valence-corrected chi connectivity index (χ0v) is 40.4. The Labute approximate surface area is 405 Å². The number of hydrogen-bond acceptors (Lipinski definition) is 14. The van der Waals surface area contributed by atoms with Crippen molar-refractivity contribution in [3.63, 3.8) is 0 Å². The Morgan fingerprint density at radius 2 is 1.03 bits per heavy atom. The monoisotopic (exact) mass is 956 g/mol. The fourth-order valence-electron chi connectivity index (χ4n) is 9.81. The second-order valence-corrected chi connectivity index (χ2v) is 19.6. The molecule has 368 valence electrons. The summed E-state index contributed by atoms with van der Waals surface area (Å²) < 4.78 is 14.1. The van der Waals surface area contributed by atoms with E-state index in [0.717, 1.165) is 22.5 Å². The predicted molar refractivity (Wildman–Crippen MR) is 261 cm³/mol. The number of carbonyl (C=O) groups excluding carboxylic acids is 4. The second kappa shape index (κ2) is 19.4. The minimum Gasteiger partial charge on any atom is -0.390 e. The second-order valence-electron chi connectivity index (χ2n) is 19.6. The van der Waals surface area contributed by atoms with Gasteiger partial charge in [0.05, 0.1) is 72.8 Å². The van der Waals surface area contributed by atoms with Crippen LogP contribution in [0.25, 0.3) is 11.3 Å². The molecule has 70 heavy (non-hydrogen) atoms. The number of aromatic nitrogens is 6. The average Bonchev–Trinajstić information content (AvgIpc) is 4.11. The zero-order chi connectivity index (χ0) is 49.5. The molecule has 2 aromatic carbocycles. The normalized spacial score (nSPS) is 17.1. The van der Waals surface area contributed by atoms with Crippen LogP contribution in [-0.2, 0) is 22.6 Å². The van der Waals surface area contributed by atoms with Gasteiger partial charge >= 0.3 is 0 Å². The van der Waals surface area contributed by atoms with Crippen LogP contribution in [-0.4, -0.2) is 149 Å². The molecule has 2 atom stereocenters. The van der Waals surface area contributed by atoms with Crippen molar-refractivity contribution in [1.29, 1.82) is 0 Å². The number of hydrogen-bond donors (Lipinski definition) is 4. The predicted octanol–water partition coefficient (Wildman–Crippen LogP) is 4.65. The van der Waals surface area contributed by atoms with Gasteiger partial charge in [-0.1, -0.05) is 0 Å². The van der Waals surface area contributed by atoms with Gasteiger partial charge in [-0.25, -0.2) is 19.0 Å². The SMILES string of the molecule is CC(CC(C)(C)O)N1Cc2cc(NC(=O)c3cnn4cccnc34)c(N3CCOCC3)cc2C1=O.CC(CC(C)(C)O)N1Cc2cc(NC(=O)c3cnn4cccnc34)c(N3CCOCC3)cc2C1=O. The van der Waals surface area contributed by atoms with Crippen molar-refractivity contribution in [3.05, 3.63) is 107 Å². The first-order valence-corrected chi connectivity index (χ1v) is 23.7. The maximum Gasteiger partial charge on any atom is 0.261 e. The highest BCUT2D eigenvalue weighted by molar-refractivity contribution is 6.11. The molecule has 0 saturated carbocycles. The molecule has 4 N–H and O–H groups in total. The molecule has 0 spiro atoms. The van der Waals surface area contributed by atoms with E-state index in [0.29, 0.717) is 123 Å². The summed E-state index contributed by atoms with van der Waals surface area (Å²) in [5, 5.41) is 35.0. The smallest absolute Gasteiger partial charge is 0.261 e. The van der Waals surface area contributed by atoms with E-state index >= 15 is 0 Å². The molecule has 0 bridgehead atoms. The molecule has 10 rings (SSSR count). The Hall–Kier alpha value is -7.00. The highest BCUT2D eigenvalue weighted by Crippen LogP contribution is 2.38. The van der Waals surface area contributed by atoms with Crippen molar-refractivity contribution in [2.45, 2.75) is 90.8 Å². The Balaban J connectivity index is 0.000000174. The third-order valence-electron chi connectivity index (χ3n) is 13.0. The molecule has 20 nitrogen and oxygen atoms in total. The van der Waals surface area contributed by atoms with Crippen LogP contribution in [0, 0.1) is 0 Å². The van der Waals surface area contributed by atoms with Crippen LogP contribution < -0.4 is 20.4 Å². The molecule has 8 heterocycles. The Kier molecular flexibility index (Phi) is 13.3. The molecular weight excluding hydrogens is 897 g/mol. The first-order valence-electron chi connectivity index (χ1n) is 23.7. The summed E-state index contributed by atoms with van der Waals surface area (Å²) in [5.41, 5.74) is 5.73. The van der Waals surface area contributed by atoms with E-state index in [1.807, 2.05) is 38.1 Å². The van der Waals surface area contributed by atoms with Crippen LogP contribution in [0.15, 0.2) is 73.6 Å². The number of ether oxygens (including phenoxy) is 2. The molecule has 4 amide bonds. The van der Waals surface area contributed by atoms with Gasteiger partial charge in [0.15, 0.2) is 11.3 Å². The number of nitrogens with one attached hydrogen (secondary N) is 2. The van der Waals surface area contributed by atoms with Gasteiger partial charge in [-0.2, -0.15) is 10.2 Å². The van der Waals surface area contributed by atoms with Crippen LogP contribution in [0.2, 0.25) is 0 Å². The average molecular weight is 957 g/mol. The summed E-state index contributed by atoms with van der Waals surface area (Å²) in [6, 6.07) is 10.8. The number of carbonyl (C=O) groups is 4. The molecule has 4 aliphatic rings. The zero-order valence-electron chi connectivity index (χ0n) is 40.4. The maximum absolute atomic E-state index is 13.3. The van der Waals surface area contributed by atoms with E-state index in [2.05, 4.69) is 40.6 Å². The van der Waals surface area contributed by atoms with Gasteiger partial charge in [0.2, 0.25) is 0 Å². The number of anilines is 4. The number of aliphatic hydroxyl groups is 2. The van der Waals surface area contributed by atoms with Crippen molar-refractivity contribution >= 4 is 57.7 Å². The van der Waals surface area contributed by atoms with Crippen molar-refractivity contribution in [2.75, 3.05) is 73.0 Å². The Morgan fingerprint density at radius 3 is 1.40 bits per heavy atom. The minimum atomic E-state index is -0.880. The fourth-order valence-corrected chi connectivity index (χ4v) is 9.81. The lowest BCUT2D eigenvalue weighted by Crippen LogP contribution is -2.38. The number of nitrogens with zero attached hydrogens (tertiary/aromatic N) is 10. The third-order valence-corrected chi connectivity index (χ3v) is 13.0. The van der Waals surface area contributed by atoms with E-state index in [9.17, 15) is 29.4 Å². The fraction of sp³-hybridized carbons (Fsp3) is 0.440. The summed E-state index contributed by atoms with van der Waals surface area (Å²) in [7, 11) is 0. The van der Waals surface area contributed by atoms with Crippen molar-refractivity contribution in [2.24, 2.45) is 0 Å². The summed E-state index contributed by atoms with van der Waals surface area (Å²) in [6.45, 7) is 16.7. The minimum absolute atomic E-state index is 0.0593. The highest BCUT2D eigenvalue weighted by Gasteiger charge is 2.37. The van der Waals surface area contributed by atoms with Gasteiger partial charge in [-0.15, -0.1) is 0 Å². The Bertz CT molecular complexity index is 2750. The van der Waals surface area contributed by atoms with E-state index in [4.69, 9.17) is 9.47 Å². The summed E-state index contributed by atoms with van der Waals surface area (Å²) >= 11 is 0. The Morgan fingerprint density at radius 1 is 0.643 bits per heavy atom. The number of morpholine rings is 2. The highest BCUT2D eigenvalue weighted by atomic mass is 16.5. The number of fused-ring (bicyclic) bond motifs is 4. The van der Waals surface area contributed by atoms with Crippen LogP contribution in [0.1, 0.15) is 107 Å². The summed E-state index contributed by atoms with van der Waals surface area (Å²) in [6.07, 6.45) is 10.7. The molecule has 20 heteroatoms. The molecular formula is C50H60N12O8. The van der Waals surface area contributed by atoms with Gasteiger partial charge in [0.25, 0.3) is 23.6 Å². The number of rotatable bonds is 12. The van der Waals surface area contributed by atoms with Gasteiger partial charge in [-0.05, 0) is 102 Å². The van der Waals surface area contributed by atoms with Crippen LogP contribution >= 0.6 is 0 Å². The molecule has 0 radical (unpaired) electrons. The molecule has 6 aromatic rings. The molecule has 2 saturated heterocycles. The van der Waals surface area contributed by atoms with Crippen LogP contribution in [0.5, 0.6) is 0 Å². The number of benzene rings is 2. The van der Waals surface area contributed by atoms with E-state index in [-0.39, 0.29) is 35.7 Å². The summed E-state index contributed by atoms with van der Waals surface area (Å²) in [5.74, 6) is -0.749. The molecule has 2 fully saturated rings. The standard InChI is InChI=1S/2C25H30N6O4/c2*1-16(13-25(2,3)34)30-15-17-11-20(21(12-18(17)24(30)33)29-7-9-35-10-8-29)28-23(32)19-14-27-31-6-4-5-26-22(19)31/h2*4-6,11-12,14,16,34H,7-10,13,15H2,1-3H3,(H,28,32). The third kappa shape index (κ3) is 10.2. The van der Waals surface area contributed by atoms with Crippen molar-refractivity contribution in [1.82, 2.24) is 39.0 Å². The molecule has 4 aliphatic heterocycles. The molecule has 2 unspecified atom stereocenters. The van der Waals surface area contributed by atoms with Gasteiger partial charge in [0, 0.05) is 87.3 Å². The first kappa shape index (κ1) is 48.0. The van der Waals surface area contributed by atoms with Crippen LogP contribution in [0.3, 0.4) is 0 Å². The van der Waals surface area contributed by atoms with E-state index < -0.39 is 11.2 Å². The first-order chi connectivity index (χ1) is 33.4.